The summed E-state index contributed by atoms with van der Waals surface area (Å²) in [5.41, 5.74) is 1.01. The molecule has 0 unspecified atom stereocenters. The Morgan fingerprint density at radius 3 is 2.67 bits per heavy atom. The molecule has 92 valence electrons. The van der Waals surface area contributed by atoms with E-state index in [4.69, 9.17) is 4.74 Å². The number of benzene rings is 1. The quantitative estimate of drug-likeness (QED) is 0.820. The number of hydrogen-bond donors (Lipinski definition) is 1. The number of aromatic nitrogens is 1. The van der Waals surface area contributed by atoms with Crippen molar-refractivity contribution in [3.63, 3.8) is 0 Å². The number of hydrogen-bond acceptors (Lipinski definition) is 4. The maximum Gasteiger partial charge on any atom is 0.338 e. The highest BCUT2D eigenvalue weighted by molar-refractivity contribution is 6.05. The summed E-state index contributed by atoms with van der Waals surface area (Å²) in [5.74, 6) is -0.365. The van der Waals surface area contributed by atoms with Gasteiger partial charge >= 0.3 is 5.97 Å². The molecule has 1 amide bonds. The third-order valence-electron chi connectivity index (χ3n) is 2.43. The average Bonchev–Trinajstić information content (AvgIpc) is 2.36. The van der Waals surface area contributed by atoms with Crippen molar-refractivity contribution in [3.8, 4) is 0 Å². The molecule has 0 fully saturated rings. The van der Waals surface area contributed by atoms with E-state index in [0.29, 0.717) is 22.3 Å². The first-order valence-electron chi connectivity index (χ1n) is 5.37. The minimum Gasteiger partial charge on any atom is -0.465 e. The smallest absolute Gasteiger partial charge is 0.338 e. The predicted molar refractivity (Wildman–Crippen MR) is 67.4 cm³/mol. The molecule has 0 aliphatic heterocycles. The van der Waals surface area contributed by atoms with Crippen molar-refractivity contribution in [2.45, 2.75) is 6.92 Å². The highest BCUT2D eigenvalue weighted by atomic mass is 16.5. The molecule has 0 spiro atoms. The average molecular weight is 244 g/mol. The normalized spacial score (nSPS) is 10.1. The number of fused-ring (bicyclic) bond motifs is 1. The molecule has 1 aromatic heterocycles. The van der Waals surface area contributed by atoms with Crippen molar-refractivity contribution >= 4 is 28.6 Å². The maximum atomic E-state index is 11.7. The highest BCUT2D eigenvalue weighted by Gasteiger charge is 2.13. The SMILES string of the molecule is COC(=O)c1cc(NC(C)=O)nc2ccccc12. The fraction of sp³-hybridized carbons (Fsp3) is 0.154. The van der Waals surface area contributed by atoms with Crippen molar-refractivity contribution in [2.24, 2.45) is 0 Å². The van der Waals surface area contributed by atoms with Gasteiger partial charge in [0.15, 0.2) is 0 Å². The summed E-state index contributed by atoms with van der Waals surface area (Å²) in [6, 6.07) is 8.69. The van der Waals surface area contributed by atoms with Crippen molar-refractivity contribution in [2.75, 3.05) is 12.4 Å². The van der Waals surface area contributed by atoms with Crippen LogP contribution in [0.4, 0.5) is 5.82 Å². The van der Waals surface area contributed by atoms with E-state index >= 15 is 0 Å². The molecule has 1 heterocycles. The van der Waals surface area contributed by atoms with Crippen molar-refractivity contribution in [3.05, 3.63) is 35.9 Å². The van der Waals surface area contributed by atoms with Gasteiger partial charge in [0.25, 0.3) is 0 Å². The summed E-state index contributed by atoms with van der Waals surface area (Å²) in [5, 5.41) is 3.25. The minimum absolute atomic E-state index is 0.242. The molecule has 0 atom stereocenters. The van der Waals surface area contributed by atoms with E-state index in [2.05, 4.69) is 10.3 Å². The molecule has 0 saturated carbocycles. The Balaban J connectivity index is 2.64. The zero-order valence-electron chi connectivity index (χ0n) is 10.1. The molecule has 0 saturated heterocycles. The molecular formula is C13H12N2O3. The number of rotatable bonds is 2. The first-order valence-corrected chi connectivity index (χ1v) is 5.37. The van der Waals surface area contributed by atoms with Crippen LogP contribution in [0.2, 0.25) is 0 Å². The van der Waals surface area contributed by atoms with Crippen LogP contribution >= 0.6 is 0 Å². The van der Waals surface area contributed by atoms with Gasteiger partial charge in [-0.1, -0.05) is 18.2 Å². The molecule has 5 nitrogen and oxygen atoms in total. The lowest BCUT2D eigenvalue weighted by molar-refractivity contribution is -0.114. The Morgan fingerprint density at radius 1 is 1.28 bits per heavy atom. The Hall–Kier alpha value is -2.43. The number of methoxy groups -OCH3 is 1. The van der Waals surface area contributed by atoms with Crippen LogP contribution < -0.4 is 5.32 Å². The summed E-state index contributed by atoms with van der Waals surface area (Å²) in [4.78, 5) is 27.0. The third kappa shape index (κ3) is 2.29. The molecule has 1 aromatic carbocycles. The number of anilines is 1. The lowest BCUT2D eigenvalue weighted by atomic mass is 10.1. The van der Waals surface area contributed by atoms with Crippen LogP contribution in [0, 0.1) is 0 Å². The largest absolute Gasteiger partial charge is 0.465 e. The molecule has 0 aliphatic rings. The standard InChI is InChI=1S/C13H12N2O3/c1-8(16)14-12-7-10(13(17)18-2)9-5-3-4-6-11(9)15-12/h3-7H,1-2H3,(H,14,15,16). The molecule has 0 radical (unpaired) electrons. The molecule has 0 aliphatic carbocycles. The summed E-state index contributed by atoms with van der Waals surface area (Å²) in [6.07, 6.45) is 0. The lowest BCUT2D eigenvalue weighted by Gasteiger charge is -2.08. The van der Waals surface area contributed by atoms with Crippen molar-refractivity contribution < 1.29 is 14.3 Å². The molecule has 1 N–H and O–H groups in total. The second-order valence-electron chi connectivity index (χ2n) is 3.74. The molecule has 5 heteroatoms. The van der Waals surface area contributed by atoms with Crippen LogP contribution in [0.25, 0.3) is 10.9 Å². The minimum atomic E-state index is -0.458. The van der Waals surface area contributed by atoms with E-state index in [9.17, 15) is 9.59 Å². The molecule has 2 rings (SSSR count). The number of para-hydroxylation sites is 1. The Labute approximate surface area is 104 Å². The van der Waals surface area contributed by atoms with Gasteiger partial charge in [-0.15, -0.1) is 0 Å². The molecule has 18 heavy (non-hydrogen) atoms. The molecule has 2 aromatic rings. The number of pyridine rings is 1. The summed E-state index contributed by atoms with van der Waals surface area (Å²) in [7, 11) is 1.32. The lowest BCUT2D eigenvalue weighted by Crippen LogP contribution is -2.10. The Morgan fingerprint density at radius 2 is 2.00 bits per heavy atom. The first-order chi connectivity index (χ1) is 8.61. The number of ether oxygens (including phenoxy) is 1. The predicted octanol–water partition coefficient (Wildman–Crippen LogP) is 1.98. The summed E-state index contributed by atoms with van der Waals surface area (Å²) >= 11 is 0. The molecule has 0 bridgehead atoms. The zero-order chi connectivity index (χ0) is 13.1. The van der Waals surface area contributed by atoms with E-state index in [1.165, 1.54) is 20.1 Å². The van der Waals surface area contributed by atoms with Crippen molar-refractivity contribution in [1.29, 1.82) is 0 Å². The number of esters is 1. The van der Waals surface area contributed by atoms with Gasteiger partial charge in [-0.25, -0.2) is 9.78 Å². The Bertz CT molecular complexity index is 623. The van der Waals surface area contributed by atoms with Crippen LogP contribution in [0.5, 0.6) is 0 Å². The van der Waals surface area contributed by atoms with Gasteiger partial charge in [0.05, 0.1) is 18.2 Å². The van der Waals surface area contributed by atoms with Crippen LogP contribution in [-0.4, -0.2) is 24.0 Å². The van der Waals surface area contributed by atoms with Crippen LogP contribution in [0.3, 0.4) is 0 Å². The number of carbonyl (C=O) groups is 2. The maximum absolute atomic E-state index is 11.7. The van der Waals surface area contributed by atoms with Gasteiger partial charge in [0, 0.05) is 12.3 Å². The van der Waals surface area contributed by atoms with E-state index in [1.807, 2.05) is 12.1 Å². The fourth-order valence-corrected chi connectivity index (χ4v) is 1.70. The summed E-state index contributed by atoms with van der Waals surface area (Å²) < 4.78 is 4.72. The van der Waals surface area contributed by atoms with E-state index in [0.717, 1.165) is 0 Å². The number of nitrogens with zero attached hydrogens (tertiary/aromatic N) is 1. The van der Waals surface area contributed by atoms with E-state index in [1.54, 1.807) is 12.1 Å². The second-order valence-corrected chi connectivity index (χ2v) is 3.74. The van der Waals surface area contributed by atoms with Gasteiger partial charge in [0.2, 0.25) is 5.91 Å². The van der Waals surface area contributed by atoms with Gasteiger partial charge in [-0.05, 0) is 12.1 Å². The monoisotopic (exact) mass is 244 g/mol. The van der Waals surface area contributed by atoms with Crippen LogP contribution in [0.1, 0.15) is 17.3 Å². The van der Waals surface area contributed by atoms with E-state index in [-0.39, 0.29) is 5.91 Å². The fourth-order valence-electron chi connectivity index (χ4n) is 1.70. The van der Waals surface area contributed by atoms with Gasteiger partial charge in [0.1, 0.15) is 5.82 Å². The molecular weight excluding hydrogens is 232 g/mol. The zero-order valence-corrected chi connectivity index (χ0v) is 10.1. The van der Waals surface area contributed by atoms with Gasteiger partial charge < -0.3 is 10.1 Å². The van der Waals surface area contributed by atoms with Gasteiger partial charge in [-0.2, -0.15) is 0 Å². The van der Waals surface area contributed by atoms with Crippen molar-refractivity contribution in [1.82, 2.24) is 4.98 Å². The van der Waals surface area contributed by atoms with Gasteiger partial charge in [-0.3, -0.25) is 4.79 Å². The van der Waals surface area contributed by atoms with Crippen LogP contribution in [-0.2, 0) is 9.53 Å². The number of carbonyl (C=O) groups excluding carboxylic acids is 2. The third-order valence-corrected chi connectivity index (χ3v) is 2.43. The summed E-state index contributed by atoms with van der Waals surface area (Å²) in [6.45, 7) is 1.38. The Kier molecular flexibility index (Phi) is 3.23. The highest BCUT2D eigenvalue weighted by Crippen LogP contribution is 2.21. The number of amides is 1. The topological polar surface area (TPSA) is 68.3 Å². The van der Waals surface area contributed by atoms with E-state index < -0.39 is 5.97 Å². The van der Waals surface area contributed by atoms with Crippen LogP contribution in [0.15, 0.2) is 30.3 Å². The second kappa shape index (κ2) is 4.83. The first kappa shape index (κ1) is 12.0. The number of nitrogens with one attached hydrogen (secondary N) is 1.